The maximum atomic E-state index is 13.2. The zero-order chi connectivity index (χ0) is 27.7. The van der Waals surface area contributed by atoms with E-state index in [4.69, 9.17) is 10.8 Å². The molecule has 0 aliphatic rings. The summed E-state index contributed by atoms with van der Waals surface area (Å²) < 4.78 is 0. The van der Waals surface area contributed by atoms with Crippen LogP contribution >= 0.6 is 0 Å². The van der Waals surface area contributed by atoms with Gasteiger partial charge in [-0.25, -0.2) is 4.79 Å². The average Bonchev–Trinajstić information content (AvgIpc) is 3.23. The Morgan fingerprint density at radius 2 is 1.51 bits per heavy atom. The summed E-state index contributed by atoms with van der Waals surface area (Å²) in [5, 5.41) is 35.9. The largest absolute Gasteiger partial charge is 0.481 e. The van der Waals surface area contributed by atoms with Gasteiger partial charge in [0.2, 0.25) is 17.7 Å². The fraction of sp³-hybridized carbons (Fsp3) is 0.458. The number of amides is 3. The van der Waals surface area contributed by atoms with Gasteiger partial charge in [0, 0.05) is 23.5 Å². The van der Waals surface area contributed by atoms with Crippen molar-refractivity contribution >= 4 is 40.6 Å². The van der Waals surface area contributed by atoms with Gasteiger partial charge in [0.05, 0.1) is 19.1 Å². The molecule has 0 spiro atoms. The zero-order valence-electron chi connectivity index (χ0n) is 20.6. The molecule has 0 aliphatic heterocycles. The van der Waals surface area contributed by atoms with Gasteiger partial charge in [-0.15, -0.1) is 0 Å². The lowest BCUT2D eigenvalue weighted by Gasteiger charge is -2.24. The maximum Gasteiger partial charge on any atom is 0.326 e. The van der Waals surface area contributed by atoms with Crippen LogP contribution in [-0.2, 0) is 30.4 Å². The number of aliphatic carboxylic acids is 2. The highest BCUT2D eigenvalue weighted by Gasteiger charge is 2.31. The van der Waals surface area contributed by atoms with E-state index in [1.807, 2.05) is 12.1 Å². The van der Waals surface area contributed by atoms with Gasteiger partial charge in [0.25, 0.3) is 0 Å². The first-order valence-corrected chi connectivity index (χ1v) is 11.7. The average molecular weight is 520 g/mol. The molecule has 202 valence electrons. The summed E-state index contributed by atoms with van der Waals surface area (Å²) in [5.74, 6) is -5.27. The quantitative estimate of drug-likeness (QED) is 0.154. The summed E-state index contributed by atoms with van der Waals surface area (Å²) in [6, 6.07) is 1.77. The predicted molar refractivity (Wildman–Crippen MR) is 132 cm³/mol. The number of carbonyl (C=O) groups is 5. The molecule has 4 unspecified atom stereocenters. The van der Waals surface area contributed by atoms with Crippen molar-refractivity contribution in [3.63, 3.8) is 0 Å². The zero-order valence-corrected chi connectivity index (χ0v) is 20.6. The Morgan fingerprint density at radius 3 is 2.11 bits per heavy atom. The standard InChI is InChI=1S/C24H33N5O8/c1-12(2)7-18(24(36)37)28-23(35)19(11-30)29-22(34)17(27-21(33)15(25)9-20(31)32)8-13-10-26-16-6-4-3-5-14(13)16/h3-6,10,12,15,17-19,26,30H,7-9,11,25H2,1-2H3,(H,27,33)(H,28,35)(H,29,34)(H,31,32)(H,36,37). The number of benzene rings is 1. The summed E-state index contributed by atoms with van der Waals surface area (Å²) in [7, 11) is 0. The number of rotatable bonds is 14. The van der Waals surface area contributed by atoms with Crippen LogP contribution in [0, 0.1) is 5.92 Å². The fourth-order valence-corrected chi connectivity index (χ4v) is 3.72. The molecule has 13 nitrogen and oxygen atoms in total. The molecular formula is C24H33N5O8. The lowest BCUT2D eigenvalue weighted by atomic mass is 10.0. The molecule has 1 aromatic heterocycles. The first-order valence-electron chi connectivity index (χ1n) is 11.7. The summed E-state index contributed by atoms with van der Waals surface area (Å²) in [4.78, 5) is 63.8. The predicted octanol–water partition coefficient (Wildman–Crippen LogP) is -0.910. The van der Waals surface area contributed by atoms with E-state index >= 15 is 0 Å². The molecule has 2 rings (SSSR count). The monoisotopic (exact) mass is 519 g/mol. The van der Waals surface area contributed by atoms with Gasteiger partial charge in [0.15, 0.2) is 0 Å². The SMILES string of the molecule is CC(C)CC(NC(=O)C(CO)NC(=O)C(Cc1c[nH]c2ccccc12)NC(=O)C(N)CC(=O)O)C(=O)O. The summed E-state index contributed by atoms with van der Waals surface area (Å²) in [6.07, 6.45) is 1.06. The second-order valence-electron chi connectivity index (χ2n) is 9.10. The highest BCUT2D eigenvalue weighted by molar-refractivity contribution is 5.95. The van der Waals surface area contributed by atoms with E-state index in [9.17, 15) is 34.2 Å². The van der Waals surface area contributed by atoms with Gasteiger partial charge in [0.1, 0.15) is 18.1 Å². The molecule has 0 aliphatic carbocycles. The van der Waals surface area contributed by atoms with Gasteiger partial charge in [-0.05, 0) is 24.0 Å². The van der Waals surface area contributed by atoms with Crippen molar-refractivity contribution < 1.29 is 39.3 Å². The Morgan fingerprint density at radius 1 is 0.919 bits per heavy atom. The smallest absolute Gasteiger partial charge is 0.326 e. The van der Waals surface area contributed by atoms with E-state index in [0.717, 1.165) is 10.9 Å². The van der Waals surface area contributed by atoms with Crippen molar-refractivity contribution in [2.24, 2.45) is 11.7 Å². The molecule has 3 amide bonds. The first kappa shape index (κ1) is 29.3. The molecule has 1 heterocycles. The van der Waals surface area contributed by atoms with Crippen LogP contribution in [0.15, 0.2) is 30.5 Å². The third kappa shape index (κ3) is 8.58. The Balaban J connectivity index is 2.23. The Labute approximate surface area is 212 Å². The number of H-pyrrole nitrogens is 1. The highest BCUT2D eigenvalue weighted by atomic mass is 16.4. The molecule has 4 atom stereocenters. The highest BCUT2D eigenvalue weighted by Crippen LogP contribution is 2.19. The molecule has 0 fully saturated rings. The number of nitrogens with one attached hydrogen (secondary N) is 4. The lowest BCUT2D eigenvalue weighted by molar-refractivity contribution is -0.143. The molecule has 0 saturated heterocycles. The van der Waals surface area contributed by atoms with E-state index in [2.05, 4.69) is 20.9 Å². The molecule has 0 saturated carbocycles. The minimum atomic E-state index is -1.50. The second kappa shape index (κ2) is 13.4. The normalized spacial score (nSPS) is 14.4. The van der Waals surface area contributed by atoms with Crippen LogP contribution in [-0.4, -0.2) is 80.7 Å². The number of carboxylic acid groups (broad SMARTS) is 2. The van der Waals surface area contributed by atoms with Crippen LogP contribution in [0.1, 0.15) is 32.3 Å². The number of hydrogen-bond donors (Lipinski definition) is 8. The van der Waals surface area contributed by atoms with Crippen LogP contribution in [0.3, 0.4) is 0 Å². The molecule has 0 radical (unpaired) electrons. The minimum Gasteiger partial charge on any atom is -0.481 e. The van der Waals surface area contributed by atoms with Crippen molar-refractivity contribution in [3.05, 3.63) is 36.0 Å². The van der Waals surface area contributed by atoms with E-state index in [-0.39, 0.29) is 18.8 Å². The van der Waals surface area contributed by atoms with Crippen molar-refractivity contribution in [1.82, 2.24) is 20.9 Å². The van der Waals surface area contributed by atoms with Crippen molar-refractivity contribution in [2.75, 3.05) is 6.61 Å². The van der Waals surface area contributed by atoms with Gasteiger partial charge >= 0.3 is 11.9 Å². The number of hydrogen-bond acceptors (Lipinski definition) is 7. The van der Waals surface area contributed by atoms with E-state index < -0.39 is 66.9 Å². The lowest BCUT2D eigenvalue weighted by Crippen LogP contribution is -2.58. The minimum absolute atomic E-state index is 0.0469. The maximum absolute atomic E-state index is 13.2. The second-order valence-corrected chi connectivity index (χ2v) is 9.10. The molecule has 1 aromatic carbocycles. The third-order valence-electron chi connectivity index (χ3n) is 5.60. The number of fused-ring (bicyclic) bond motifs is 1. The van der Waals surface area contributed by atoms with Gasteiger partial charge < -0.3 is 42.0 Å². The molecule has 2 aromatic rings. The van der Waals surface area contributed by atoms with Crippen LogP contribution < -0.4 is 21.7 Å². The van der Waals surface area contributed by atoms with Crippen LogP contribution in [0.2, 0.25) is 0 Å². The number of aromatic amines is 1. The molecule has 37 heavy (non-hydrogen) atoms. The fourth-order valence-electron chi connectivity index (χ4n) is 3.72. The Kier molecular flexibility index (Phi) is 10.6. The van der Waals surface area contributed by atoms with Crippen molar-refractivity contribution in [3.8, 4) is 0 Å². The first-order chi connectivity index (χ1) is 17.4. The number of aliphatic hydroxyl groups is 1. The Hall–Kier alpha value is -3.97. The number of aliphatic hydroxyl groups excluding tert-OH is 1. The van der Waals surface area contributed by atoms with Crippen LogP contribution in [0.4, 0.5) is 0 Å². The third-order valence-corrected chi connectivity index (χ3v) is 5.60. The number of carboxylic acids is 2. The molecule has 13 heteroatoms. The van der Waals surface area contributed by atoms with Crippen molar-refractivity contribution in [2.45, 2.75) is 57.3 Å². The summed E-state index contributed by atoms with van der Waals surface area (Å²) in [6.45, 7) is 2.72. The molecular weight excluding hydrogens is 486 g/mol. The van der Waals surface area contributed by atoms with E-state index in [1.54, 1.807) is 32.2 Å². The van der Waals surface area contributed by atoms with E-state index in [1.165, 1.54) is 0 Å². The Bertz CT molecular complexity index is 1130. The summed E-state index contributed by atoms with van der Waals surface area (Å²) >= 11 is 0. The topological polar surface area (TPSA) is 224 Å². The molecule has 0 bridgehead atoms. The van der Waals surface area contributed by atoms with Gasteiger partial charge in [-0.2, -0.15) is 0 Å². The van der Waals surface area contributed by atoms with Crippen molar-refractivity contribution in [1.29, 1.82) is 0 Å². The van der Waals surface area contributed by atoms with E-state index in [0.29, 0.717) is 5.56 Å². The number of aromatic nitrogens is 1. The number of para-hydroxylation sites is 1. The number of nitrogens with two attached hydrogens (primary N) is 1. The van der Waals surface area contributed by atoms with Crippen LogP contribution in [0.5, 0.6) is 0 Å². The summed E-state index contributed by atoms with van der Waals surface area (Å²) in [5.41, 5.74) is 7.07. The van der Waals surface area contributed by atoms with Gasteiger partial charge in [-0.3, -0.25) is 19.2 Å². The van der Waals surface area contributed by atoms with Crippen LogP contribution in [0.25, 0.3) is 10.9 Å². The van der Waals surface area contributed by atoms with Gasteiger partial charge in [-0.1, -0.05) is 32.0 Å². The number of carbonyl (C=O) groups excluding carboxylic acids is 3. The molecule has 9 N–H and O–H groups in total.